The molecule has 5 nitrogen and oxygen atoms in total. The molecule has 0 aromatic carbocycles. The smallest absolute Gasteiger partial charge is 0.240 e. The predicted octanol–water partition coefficient (Wildman–Crippen LogP) is 2.25. The molecule has 0 bridgehead atoms. The van der Waals surface area contributed by atoms with E-state index in [1.165, 1.54) is 4.88 Å². The summed E-state index contributed by atoms with van der Waals surface area (Å²) in [4.78, 5) is 9.89. The Kier molecular flexibility index (Phi) is 4.70. The van der Waals surface area contributed by atoms with Gasteiger partial charge in [-0.1, -0.05) is 13.0 Å². The molecular weight excluding hydrogens is 262 g/mol. The highest BCUT2D eigenvalue weighted by Gasteiger charge is 2.21. The first kappa shape index (κ1) is 13.8. The van der Waals surface area contributed by atoms with Gasteiger partial charge >= 0.3 is 0 Å². The Morgan fingerprint density at radius 1 is 1.37 bits per heavy atom. The van der Waals surface area contributed by atoms with Crippen LogP contribution in [0.2, 0.25) is 0 Å². The maximum atomic E-state index is 5.32. The van der Waals surface area contributed by atoms with Crippen LogP contribution in [0.1, 0.15) is 23.5 Å². The second-order valence-electron chi connectivity index (χ2n) is 3.81. The second kappa shape index (κ2) is 6.49. The van der Waals surface area contributed by atoms with Crippen LogP contribution in [0.4, 0.5) is 0 Å². The van der Waals surface area contributed by atoms with Crippen LogP contribution < -0.4 is 14.8 Å². The van der Waals surface area contributed by atoms with E-state index >= 15 is 0 Å². The Morgan fingerprint density at radius 2 is 2.21 bits per heavy atom. The standard InChI is InChI=1S/C13H17N3O2S/c1-4-14-11(9-6-5-7-19-9)12-13(18-3)16-10(17-2)8-15-12/h5-8,11,14H,4H2,1-3H3. The van der Waals surface area contributed by atoms with E-state index in [1.54, 1.807) is 31.8 Å². The number of thiophene rings is 1. The van der Waals surface area contributed by atoms with E-state index in [-0.39, 0.29) is 6.04 Å². The summed E-state index contributed by atoms with van der Waals surface area (Å²) in [5, 5.41) is 5.45. The molecule has 1 N–H and O–H groups in total. The summed E-state index contributed by atoms with van der Waals surface area (Å²) in [7, 11) is 3.15. The Labute approximate surface area is 116 Å². The third kappa shape index (κ3) is 3.02. The van der Waals surface area contributed by atoms with Crippen molar-refractivity contribution < 1.29 is 9.47 Å². The summed E-state index contributed by atoms with van der Waals surface area (Å²) in [6, 6.07) is 4.08. The molecule has 0 spiro atoms. The number of rotatable bonds is 6. The van der Waals surface area contributed by atoms with Crippen molar-refractivity contribution in [3.63, 3.8) is 0 Å². The van der Waals surface area contributed by atoms with Crippen molar-refractivity contribution in [2.24, 2.45) is 0 Å². The van der Waals surface area contributed by atoms with Gasteiger partial charge in [0.2, 0.25) is 11.8 Å². The molecule has 0 aliphatic rings. The highest BCUT2D eigenvalue weighted by molar-refractivity contribution is 7.10. The lowest BCUT2D eigenvalue weighted by Gasteiger charge is -2.18. The Balaban J connectivity index is 2.41. The predicted molar refractivity (Wildman–Crippen MR) is 75.0 cm³/mol. The van der Waals surface area contributed by atoms with Crippen LogP contribution in [-0.2, 0) is 0 Å². The topological polar surface area (TPSA) is 56.3 Å². The molecule has 0 saturated carbocycles. The summed E-state index contributed by atoms with van der Waals surface area (Å²) in [6.45, 7) is 2.89. The van der Waals surface area contributed by atoms with Gasteiger partial charge in [-0.05, 0) is 18.0 Å². The van der Waals surface area contributed by atoms with Crippen LogP contribution in [0.25, 0.3) is 0 Å². The Bertz CT molecular complexity index is 517. The highest BCUT2D eigenvalue weighted by Crippen LogP contribution is 2.30. The first-order chi connectivity index (χ1) is 9.30. The Hall–Kier alpha value is -1.66. The summed E-state index contributed by atoms with van der Waals surface area (Å²) < 4.78 is 10.4. The maximum Gasteiger partial charge on any atom is 0.240 e. The van der Waals surface area contributed by atoms with E-state index in [4.69, 9.17) is 9.47 Å². The lowest BCUT2D eigenvalue weighted by Crippen LogP contribution is -2.23. The van der Waals surface area contributed by atoms with Crippen LogP contribution in [-0.4, -0.2) is 30.7 Å². The monoisotopic (exact) mass is 279 g/mol. The molecule has 2 rings (SSSR count). The molecule has 2 aromatic heterocycles. The lowest BCUT2D eigenvalue weighted by molar-refractivity contribution is 0.353. The average molecular weight is 279 g/mol. The van der Waals surface area contributed by atoms with E-state index in [2.05, 4.69) is 28.3 Å². The first-order valence-corrected chi connectivity index (χ1v) is 6.89. The molecule has 0 aliphatic carbocycles. The molecule has 2 heterocycles. The zero-order valence-electron chi connectivity index (χ0n) is 11.2. The van der Waals surface area contributed by atoms with Crippen LogP contribution in [0.5, 0.6) is 11.8 Å². The number of hydrogen-bond donors (Lipinski definition) is 1. The van der Waals surface area contributed by atoms with Crippen molar-refractivity contribution in [2.75, 3.05) is 20.8 Å². The number of ether oxygens (including phenoxy) is 2. The molecular formula is C13H17N3O2S. The first-order valence-electron chi connectivity index (χ1n) is 6.01. The molecule has 6 heteroatoms. The molecule has 0 amide bonds. The van der Waals surface area contributed by atoms with Crippen LogP contribution in [0, 0.1) is 0 Å². The molecule has 0 aliphatic heterocycles. The number of nitrogens with zero attached hydrogens (tertiary/aromatic N) is 2. The minimum absolute atomic E-state index is 0.0154. The van der Waals surface area contributed by atoms with E-state index in [9.17, 15) is 0 Å². The quantitative estimate of drug-likeness (QED) is 0.879. The van der Waals surface area contributed by atoms with Crippen molar-refractivity contribution in [1.82, 2.24) is 15.3 Å². The third-order valence-corrected chi connectivity index (χ3v) is 3.59. The average Bonchev–Trinajstić information content (AvgIpc) is 2.98. The van der Waals surface area contributed by atoms with Gasteiger partial charge < -0.3 is 14.8 Å². The molecule has 1 unspecified atom stereocenters. The van der Waals surface area contributed by atoms with Crippen molar-refractivity contribution >= 4 is 11.3 Å². The van der Waals surface area contributed by atoms with E-state index < -0.39 is 0 Å². The van der Waals surface area contributed by atoms with Crippen molar-refractivity contribution in [3.05, 3.63) is 34.3 Å². The van der Waals surface area contributed by atoms with E-state index in [1.807, 2.05) is 11.4 Å². The van der Waals surface area contributed by atoms with Crippen molar-refractivity contribution in [3.8, 4) is 11.8 Å². The number of nitrogens with one attached hydrogen (secondary N) is 1. The minimum Gasteiger partial charge on any atom is -0.480 e. The number of methoxy groups -OCH3 is 2. The summed E-state index contributed by atoms with van der Waals surface area (Å²) in [6.07, 6.45) is 1.61. The molecule has 0 radical (unpaired) electrons. The zero-order valence-corrected chi connectivity index (χ0v) is 12.0. The van der Waals surface area contributed by atoms with Gasteiger partial charge in [0.25, 0.3) is 0 Å². The molecule has 0 saturated heterocycles. The third-order valence-electron chi connectivity index (χ3n) is 2.66. The maximum absolute atomic E-state index is 5.32. The number of aromatic nitrogens is 2. The molecule has 2 aromatic rings. The summed E-state index contributed by atoms with van der Waals surface area (Å²) in [5.74, 6) is 0.931. The van der Waals surface area contributed by atoms with Gasteiger partial charge in [0.1, 0.15) is 5.69 Å². The van der Waals surface area contributed by atoms with Gasteiger partial charge in [0.05, 0.1) is 26.5 Å². The van der Waals surface area contributed by atoms with Crippen LogP contribution >= 0.6 is 11.3 Å². The largest absolute Gasteiger partial charge is 0.480 e. The SMILES string of the molecule is CCNC(c1cccs1)c1ncc(OC)nc1OC. The van der Waals surface area contributed by atoms with Gasteiger partial charge in [0.15, 0.2) is 0 Å². The van der Waals surface area contributed by atoms with Gasteiger partial charge in [0, 0.05) is 4.88 Å². The normalized spacial score (nSPS) is 12.2. The van der Waals surface area contributed by atoms with E-state index in [0.717, 1.165) is 12.2 Å². The van der Waals surface area contributed by atoms with Gasteiger partial charge in [-0.2, -0.15) is 4.98 Å². The lowest BCUT2D eigenvalue weighted by atomic mass is 10.1. The molecule has 19 heavy (non-hydrogen) atoms. The van der Waals surface area contributed by atoms with Gasteiger partial charge in [-0.3, -0.25) is 0 Å². The molecule has 102 valence electrons. The fraction of sp³-hybridized carbons (Fsp3) is 0.385. The zero-order chi connectivity index (χ0) is 13.7. The van der Waals surface area contributed by atoms with E-state index in [0.29, 0.717) is 11.8 Å². The molecule has 0 fully saturated rings. The highest BCUT2D eigenvalue weighted by atomic mass is 32.1. The minimum atomic E-state index is -0.0154. The Morgan fingerprint density at radius 3 is 2.79 bits per heavy atom. The fourth-order valence-electron chi connectivity index (χ4n) is 1.80. The van der Waals surface area contributed by atoms with Crippen molar-refractivity contribution in [1.29, 1.82) is 0 Å². The second-order valence-corrected chi connectivity index (χ2v) is 4.79. The van der Waals surface area contributed by atoms with Gasteiger partial charge in [-0.25, -0.2) is 4.98 Å². The van der Waals surface area contributed by atoms with Gasteiger partial charge in [-0.15, -0.1) is 11.3 Å². The van der Waals surface area contributed by atoms with Crippen LogP contribution in [0.3, 0.4) is 0 Å². The fourth-order valence-corrected chi connectivity index (χ4v) is 2.61. The molecule has 1 atom stereocenters. The van der Waals surface area contributed by atoms with Crippen molar-refractivity contribution in [2.45, 2.75) is 13.0 Å². The van der Waals surface area contributed by atoms with Crippen LogP contribution in [0.15, 0.2) is 23.7 Å². The summed E-state index contributed by atoms with van der Waals surface area (Å²) >= 11 is 1.68. The summed E-state index contributed by atoms with van der Waals surface area (Å²) in [5.41, 5.74) is 0.771. The number of hydrogen-bond acceptors (Lipinski definition) is 6.